The van der Waals surface area contributed by atoms with Crippen LogP contribution in [0.25, 0.3) is 132 Å². The van der Waals surface area contributed by atoms with E-state index >= 15 is 0 Å². The van der Waals surface area contributed by atoms with E-state index in [9.17, 15) is 0 Å². The summed E-state index contributed by atoms with van der Waals surface area (Å²) in [6.07, 6.45) is 0. The lowest BCUT2D eigenvalue weighted by atomic mass is 9.95. The standard InChI is InChI=1S/3C44H37NSi2/c1-46(2)41-25-12-9-20-37(41)44-39(23-14-26-42(44)46)45(31-27-28-36-35-19-8-11-24-40(35)47(3,4)43(36)29-31)38-22-10-7-18-34(38)33-21-13-16-30-15-5-6-17-32(30)33;1-46(2)41-18-9-7-14-36(41)38-27-26-35(29-43(38)46)45(40-17-11-16-39-37-15-8-10-19-42(37)47(3,4)44(39)40)34-24-22-31(23-25-34)33-21-20-30-12-5-6-13-32(30)28-33;1-46(2)41-15-9-7-13-37(41)39-25-23-35(28-43(39)46)45(36-24-26-40-38-14-8-10-16-42(38)47(3,4)44(40)29-36)34-21-19-31(20-22-34)33-18-17-30-11-5-6-12-32(30)27-33/h3*5-29H,1-4H3. The van der Waals surface area contributed by atoms with E-state index in [-0.39, 0.29) is 0 Å². The Bertz CT molecular complexity index is 8610. The maximum atomic E-state index is 2.58. The van der Waals surface area contributed by atoms with Crippen molar-refractivity contribution in [3.05, 3.63) is 455 Å². The van der Waals surface area contributed by atoms with Gasteiger partial charge in [-0.1, -0.05) is 430 Å². The van der Waals surface area contributed by atoms with E-state index in [2.05, 4.69) is 548 Å². The van der Waals surface area contributed by atoms with E-state index in [1.807, 2.05) is 0 Å². The molecule has 21 aromatic rings. The van der Waals surface area contributed by atoms with Gasteiger partial charge in [0.2, 0.25) is 0 Å². The first-order chi connectivity index (χ1) is 68.5. The third-order valence-electron chi connectivity index (χ3n) is 32.6. The van der Waals surface area contributed by atoms with E-state index in [4.69, 9.17) is 0 Å². The van der Waals surface area contributed by atoms with Gasteiger partial charge in [0.15, 0.2) is 0 Å². The quantitative estimate of drug-likeness (QED) is 0.113. The number of hydrogen-bond donors (Lipinski definition) is 0. The molecule has 678 valence electrons. The molecule has 0 atom stereocenters. The van der Waals surface area contributed by atoms with Gasteiger partial charge >= 0.3 is 0 Å². The lowest BCUT2D eigenvalue weighted by Crippen LogP contribution is -2.51. The van der Waals surface area contributed by atoms with Gasteiger partial charge in [-0.2, -0.15) is 0 Å². The molecule has 0 bridgehead atoms. The summed E-state index contributed by atoms with van der Waals surface area (Å²) in [5.41, 5.74) is 35.4. The summed E-state index contributed by atoms with van der Waals surface area (Å²) < 4.78 is 0. The first-order valence-electron chi connectivity index (χ1n) is 50.1. The minimum Gasteiger partial charge on any atom is -0.311 e. The van der Waals surface area contributed by atoms with Crippen molar-refractivity contribution in [1.82, 2.24) is 0 Å². The molecule has 6 aliphatic heterocycles. The zero-order chi connectivity index (χ0) is 95.7. The topological polar surface area (TPSA) is 9.72 Å². The normalized spacial score (nSPS) is 14.7. The maximum absolute atomic E-state index is 2.58. The van der Waals surface area contributed by atoms with Crippen molar-refractivity contribution in [3.8, 4) is 100 Å². The minimum absolute atomic E-state index is 1.18. The second kappa shape index (κ2) is 33.4. The number of hydrogen-bond acceptors (Lipinski definition) is 3. The molecule has 0 spiro atoms. The SMILES string of the molecule is C[Si]1(C)c2ccccc2-c2ccc(N(c3ccc(-c4ccc5ccccc5c4)cc3)c3ccc4c(c3)[Si](C)(C)c3ccccc3-4)cc21.C[Si]1(C)c2ccccc2-c2ccc(N(c3ccc(-c4ccc5ccccc5c4)cc3)c3cccc4c3[Si](C)(C)c3ccccc3-4)cc21.C[Si]1(C)c2ccccc2-c2ccc(N(c3ccccc3-c3cccc4ccccc34)c3cccc4c3-c3ccccc3[Si]4(C)C)cc21. The van der Waals surface area contributed by atoms with Crippen molar-refractivity contribution >= 4 is 194 Å². The number of fused-ring (bicyclic) bond motifs is 21. The second-order valence-corrected chi connectivity index (χ2v) is 68.5. The van der Waals surface area contributed by atoms with E-state index in [0.717, 1.165) is 0 Å². The molecule has 6 heterocycles. The van der Waals surface area contributed by atoms with E-state index in [0.29, 0.717) is 0 Å². The Morgan fingerprint density at radius 1 is 0.142 bits per heavy atom. The molecule has 0 fully saturated rings. The molecule has 27 rings (SSSR count). The molecular weight excluding hydrogens is 1800 g/mol. The van der Waals surface area contributed by atoms with Crippen LogP contribution in [-0.2, 0) is 0 Å². The fourth-order valence-electron chi connectivity index (χ4n) is 25.2. The van der Waals surface area contributed by atoms with Gasteiger partial charge in [0.25, 0.3) is 0 Å². The highest BCUT2D eigenvalue weighted by Gasteiger charge is 2.46. The molecular formula is C132H111N3Si6. The average Bonchev–Trinajstić information content (AvgIpc) is 1.58. The van der Waals surface area contributed by atoms with Crippen LogP contribution in [0.15, 0.2) is 455 Å². The summed E-state index contributed by atoms with van der Waals surface area (Å²) in [6, 6.07) is 171. The zero-order valence-electron chi connectivity index (χ0n) is 82.1. The molecule has 6 aliphatic rings. The molecule has 0 aromatic heterocycles. The van der Waals surface area contributed by atoms with Gasteiger partial charge in [-0.15, -0.1) is 0 Å². The van der Waals surface area contributed by atoms with Gasteiger partial charge in [0, 0.05) is 50.9 Å². The van der Waals surface area contributed by atoms with Crippen molar-refractivity contribution in [1.29, 1.82) is 0 Å². The Labute approximate surface area is 835 Å². The third kappa shape index (κ3) is 14.1. The van der Waals surface area contributed by atoms with Gasteiger partial charge in [-0.3, -0.25) is 0 Å². The lowest BCUT2D eigenvalue weighted by Gasteiger charge is -2.32. The highest BCUT2D eigenvalue weighted by atomic mass is 28.3. The van der Waals surface area contributed by atoms with Gasteiger partial charge in [0.1, 0.15) is 48.4 Å². The van der Waals surface area contributed by atoms with Crippen LogP contribution < -0.4 is 76.9 Å². The van der Waals surface area contributed by atoms with Crippen LogP contribution in [0.5, 0.6) is 0 Å². The number of nitrogens with zero attached hydrogens (tertiary/aromatic N) is 3. The van der Waals surface area contributed by atoms with E-state index < -0.39 is 48.4 Å². The Morgan fingerprint density at radius 3 is 0.879 bits per heavy atom. The zero-order valence-corrected chi connectivity index (χ0v) is 88.1. The lowest BCUT2D eigenvalue weighted by molar-refractivity contribution is 1.29. The average molecular weight is 1910 g/mol. The van der Waals surface area contributed by atoms with E-state index in [1.165, 1.54) is 230 Å². The summed E-state index contributed by atoms with van der Waals surface area (Å²) >= 11 is 0. The van der Waals surface area contributed by atoms with Crippen molar-refractivity contribution in [2.45, 2.75) is 78.6 Å². The first-order valence-corrected chi connectivity index (χ1v) is 68.1. The molecule has 21 aromatic carbocycles. The van der Waals surface area contributed by atoms with E-state index in [1.54, 1.807) is 15.6 Å². The number of anilines is 9. The number of rotatable bonds is 12. The largest absolute Gasteiger partial charge is 0.311 e. The van der Waals surface area contributed by atoms with Gasteiger partial charge in [-0.05, 0) is 287 Å². The molecule has 0 amide bonds. The predicted octanol–water partition coefficient (Wildman–Crippen LogP) is 28.7. The summed E-state index contributed by atoms with van der Waals surface area (Å²) in [6.45, 7) is 30.1. The van der Waals surface area contributed by atoms with Crippen molar-refractivity contribution in [2.75, 3.05) is 14.7 Å². The molecule has 0 unspecified atom stereocenters. The van der Waals surface area contributed by atoms with Crippen LogP contribution in [0.1, 0.15) is 0 Å². The first kappa shape index (κ1) is 87.6. The minimum atomic E-state index is -1.98. The molecule has 0 aliphatic carbocycles. The molecule has 0 N–H and O–H groups in total. The fourth-order valence-corrected chi connectivity index (χ4v) is 44.1. The van der Waals surface area contributed by atoms with Crippen LogP contribution >= 0.6 is 0 Å². The van der Waals surface area contributed by atoms with Crippen LogP contribution in [0, 0.1) is 0 Å². The fraction of sp³-hybridized carbons (Fsp3) is 0.0909. The summed E-state index contributed by atoms with van der Waals surface area (Å²) in [4.78, 5) is 7.62. The van der Waals surface area contributed by atoms with Gasteiger partial charge in [0.05, 0.1) is 11.4 Å². The van der Waals surface area contributed by atoms with Crippen LogP contribution in [-0.4, -0.2) is 48.4 Å². The van der Waals surface area contributed by atoms with Crippen molar-refractivity contribution in [2.24, 2.45) is 0 Å². The van der Waals surface area contributed by atoms with Crippen LogP contribution in [0.2, 0.25) is 78.6 Å². The van der Waals surface area contributed by atoms with Crippen LogP contribution in [0.3, 0.4) is 0 Å². The molecule has 3 nitrogen and oxygen atoms in total. The summed E-state index contributed by atoms with van der Waals surface area (Å²) in [5.74, 6) is 0. The van der Waals surface area contributed by atoms with Crippen LogP contribution in [0.4, 0.5) is 51.2 Å². The van der Waals surface area contributed by atoms with Crippen molar-refractivity contribution < 1.29 is 0 Å². The Kier molecular flexibility index (Phi) is 20.8. The maximum Gasteiger partial charge on any atom is 0.116 e. The summed E-state index contributed by atoms with van der Waals surface area (Å²) in [7, 11) is -11.3. The predicted molar refractivity (Wildman–Crippen MR) is 625 cm³/mol. The molecule has 0 saturated heterocycles. The Morgan fingerprint density at radius 2 is 0.418 bits per heavy atom. The molecule has 9 heteroatoms. The smallest absolute Gasteiger partial charge is 0.116 e. The van der Waals surface area contributed by atoms with Gasteiger partial charge < -0.3 is 14.7 Å². The highest BCUT2D eigenvalue weighted by Crippen LogP contribution is 2.51. The van der Waals surface area contributed by atoms with Gasteiger partial charge in [-0.25, -0.2) is 0 Å². The van der Waals surface area contributed by atoms with Crippen molar-refractivity contribution in [3.63, 3.8) is 0 Å². The third-order valence-corrected chi connectivity index (χ3v) is 53.8. The number of benzene rings is 21. The number of para-hydroxylation sites is 1. The monoisotopic (exact) mass is 1910 g/mol. The Balaban J connectivity index is 0.000000111. The highest BCUT2D eigenvalue weighted by molar-refractivity contribution is 7.07. The molecule has 141 heavy (non-hydrogen) atoms. The second-order valence-electron chi connectivity index (χ2n) is 42.6. The molecule has 0 saturated carbocycles. The Hall–Kier alpha value is -14.9. The summed E-state index contributed by atoms with van der Waals surface area (Å²) in [5, 5.41) is 26.0. The molecule has 0 radical (unpaired) electrons.